The largest absolute Gasteiger partial charge is 0.311 e. The van der Waals surface area contributed by atoms with E-state index >= 15 is 0 Å². The van der Waals surface area contributed by atoms with Crippen LogP contribution in [0.25, 0.3) is 72.0 Å². The lowest BCUT2D eigenvalue weighted by molar-refractivity contribution is 0.723. The van der Waals surface area contributed by atoms with Crippen LogP contribution in [0.3, 0.4) is 0 Å². The summed E-state index contributed by atoms with van der Waals surface area (Å²) in [6.45, 7) is 0. The Balaban J connectivity index is 0.901. The number of hydrogen-bond acceptors (Lipinski definition) is 1. The summed E-state index contributed by atoms with van der Waals surface area (Å²) in [6, 6.07) is 82.1. The molecule has 1 heterocycles. The first-order valence-electron chi connectivity index (χ1n) is 21.7. The number of fused-ring (bicyclic) bond motifs is 3. The van der Waals surface area contributed by atoms with Gasteiger partial charge in [0.15, 0.2) is 0 Å². The molecule has 0 saturated heterocycles. The minimum Gasteiger partial charge on any atom is -0.311 e. The van der Waals surface area contributed by atoms with Gasteiger partial charge >= 0.3 is 0 Å². The van der Waals surface area contributed by atoms with E-state index in [0.29, 0.717) is 0 Å². The third-order valence-electron chi connectivity index (χ3n) is 12.8. The molecule has 9 aromatic carbocycles. The van der Waals surface area contributed by atoms with Crippen molar-refractivity contribution in [1.29, 1.82) is 0 Å². The minimum atomic E-state index is 0.724. The van der Waals surface area contributed by atoms with E-state index in [4.69, 9.17) is 0 Å². The van der Waals surface area contributed by atoms with Crippen LogP contribution in [0.2, 0.25) is 0 Å². The normalized spacial score (nSPS) is 12.9. The summed E-state index contributed by atoms with van der Waals surface area (Å²) in [5, 5.41) is 2.55. The maximum absolute atomic E-state index is 2.37. The zero-order valence-corrected chi connectivity index (χ0v) is 34.2. The van der Waals surface area contributed by atoms with Crippen molar-refractivity contribution in [3.63, 3.8) is 0 Å². The van der Waals surface area contributed by atoms with E-state index in [9.17, 15) is 0 Å². The first-order valence-corrected chi connectivity index (χ1v) is 21.7. The molecule has 10 aromatic rings. The number of rotatable bonds is 9. The molecule has 292 valence electrons. The standard InChI is InChI=1S/C59H46N2/c1-2-10-42(11-3-1)44-18-22-46(23-19-44)48-26-34-52(35-27-48)60(53-36-28-49(29-37-53)47-24-20-45(21-25-47)43-12-4-5-13-43)54-38-30-50(31-39-54)51-32-40-55(41-33-51)61-58-16-8-6-14-56(58)57-15-7-9-17-59(57)61/h1-3,6-11,14-41,43H,4-5,12-13H2. The van der Waals surface area contributed by atoms with Gasteiger partial charge in [0.05, 0.1) is 11.0 Å². The number of benzene rings is 9. The van der Waals surface area contributed by atoms with Crippen molar-refractivity contribution in [1.82, 2.24) is 4.57 Å². The third-order valence-corrected chi connectivity index (χ3v) is 12.8. The molecular weight excluding hydrogens is 737 g/mol. The van der Waals surface area contributed by atoms with Gasteiger partial charge in [0.25, 0.3) is 0 Å². The van der Waals surface area contributed by atoms with Crippen LogP contribution in [0.15, 0.2) is 224 Å². The van der Waals surface area contributed by atoms with Crippen molar-refractivity contribution in [3.8, 4) is 50.2 Å². The highest BCUT2D eigenvalue weighted by molar-refractivity contribution is 6.09. The highest BCUT2D eigenvalue weighted by Gasteiger charge is 2.18. The summed E-state index contributed by atoms with van der Waals surface area (Å²) in [5.41, 5.74) is 18.2. The molecule has 0 atom stereocenters. The monoisotopic (exact) mass is 782 g/mol. The van der Waals surface area contributed by atoms with Crippen molar-refractivity contribution in [2.24, 2.45) is 0 Å². The second-order valence-corrected chi connectivity index (χ2v) is 16.4. The van der Waals surface area contributed by atoms with Gasteiger partial charge in [-0.2, -0.15) is 0 Å². The van der Waals surface area contributed by atoms with E-state index in [1.165, 1.54) is 97.6 Å². The zero-order valence-electron chi connectivity index (χ0n) is 34.2. The highest BCUT2D eigenvalue weighted by Crippen LogP contribution is 2.40. The minimum absolute atomic E-state index is 0.724. The fraction of sp³-hybridized carbons (Fsp3) is 0.0847. The van der Waals surface area contributed by atoms with E-state index < -0.39 is 0 Å². The Labute approximate surface area is 358 Å². The van der Waals surface area contributed by atoms with E-state index in [1.807, 2.05) is 0 Å². The lowest BCUT2D eigenvalue weighted by Crippen LogP contribution is -2.09. The molecule has 11 rings (SSSR count). The predicted molar refractivity (Wildman–Crippen MR) is 258 cm³/mol. The van der Waals surface area contributed by atoms with Crippen molar-refractivity contribution >= 4 is 38.9 Å². The molecule has 1 fully saturated rings. The quantitative estimate of drug-likeness (QED) is 0.142. The van der Waals surface area contributed by atoms with Gasteiger partial charge in [0.1, 0.15) is 0 Å². The molecule has 1 aromatic heterocycles. The summed E-state index contributed by atoms with van der Waals surface area (Å²) < 4.78 is 2.37. The Kier molecular flexibility index (Phi) is 9.60. The van der Waals surface area contributed by atoms with E-state index in [0.717, 1.165) is 28.7 Å². The molecule has 1 saturated carbocycles. The van der Waals surface area contributed by atoms with Gasteiger partial charge in [0, 0.05) is 33.5 Å². The fourth-order valence-corrected chi connectivity index (χ4v) is 9.55. The number of nitrogens with zero attached hydrogens (tertiary/aromatic N) is 2. The topological polar surface area (TPSA) is 8.17 Å². The molecule has 2 heteroatoms. The maximum atomic E-state index is 2.37. The molecule has 1 aliphatic carbocycles. The predicted octanol–water partition coefficient (Wildman–Crippen LogP) is 16.6. The van der Waals surface area contributed by atoms with Gasteiger partial charge in [-0.1, -0.05) is 177 Å². The van der Waals surface area contributed by atoms with Crippen LogP contribution >= 0.6 is 0 Å². The van der Waals surface area contributed by atoms with E-state index in [1.54, 1.807) is 0 Å². The molecule has 0 spiro atoms. The number of hydrogen-bond donors (Lipinski definition) is 0. The summed E-state index contributed by atoms with van der Waals surface area (Å²) in [4.78, 5) is 2.37. The molecule has 1 aliphatic rings. The fourth-order valence-electron chi connectivity index (χ4n) is 9.55. The molecule has 0 bridgehead atoms. The Bertz CT molecular complexity index is 3010. The van der Waals surface area contributed by atoms with Crippen LogP contribution in [-0.4, -0.2) is 4.57 Å². The Hall–Kier alpha value is -7.42. The van der Waals surface area contributed by atoms with Crippen molar-refractivity contribution in [2.45, 2.75) is 31.6 Å². The van der Waals surface area contributed by atoms with Crippen molar-refractivity contribution in [3.05, 3.63) is 230 Å². The number of aromatic nitrogens is 1. The molecule has 0 amide bonds. The van der Waals surface area contributed by atoms with Gasteiger partial charge in [-0.05, 0) is 129 Å². The average Bonchev–Trinajstić information content (AvgIpc) is 4.01. The molecule has 0 unspecified atom stereocenters. The van der Waals surface area contributed by atoms with Gasteiger partial charge in [-0.25, -0.2) is 0 Å². The van der Waals surface area contributed by atoms with Crippen molar-refractivity contribution < 1.29 is 0 Å². The smallest absolute Gasteiger partial charge is 0.0541 e. The average molecular weight is 783 g/mol. The van der Waals surface area contributed by atoms with E-state index in [2.05, 4.69) is 234 Å². The van der Waals surface area contributed by atoms with E-state index in [-0.39, 0.29) is 0 Å². The van der Waals surface area contributed by atoms with Crippen LogP contribution in [0.1, 0.15) is 37.2 Å². The Morgan fingerprint density at radius 1 is 0.311 bits per heavy atom. The summed E-state index contributed by atoms with van der Waals surface area (Å²) >= 11 is 0. The molecule has 0 radical (unpaired) electrons. The summed E-state index contributed by atoms with van der Waals surface area (Å²) in [7, 11) is 0. The van der Waals surface area contributed by atoms with Gasteiger partial charge in [-0.3, -0.25) is 0 Å². The van der Waals surface area contributed by atoms with Gasteiger partial charge in [-0.15, -0.1) is 0 Å². The summed E-state index contributed by atoms with van der Waals surface area (Å²) in [5.74, 6) is 0.724. The SMILES string of the molecule is c1ccc(-c2ccc(-c3ccc(N(c4ccc(-c5ccc(C6CCCC6)cc5)cc4)c4ccc(-c5ccc(-n6c7ccccc7c7ccccc76)cc5)cc4)cc3)cc2)cc1. The molecule has 0 aliphatic heterocycles. The molecule has 2 nitrogen and oxygen atoms in total. The van der Waals surface area contributed by atoms with Crippen LogP contribution in [0.4, 0.5) is 17.1 Å². The van der Waals surface area contributed by atoms with Gasteiger partial charge < -0.3 is 9.47 Å². The van der Waals surface area contributed by atoms with Crippen LogP contribution < -0.4 is 4.90 Å². The molecular formula is C59H46N2. The van der Waals surface area contributed by atoms with Crippen LogP contribution in [0, 0.1) is 0 Å². The molecule has 0 N–H and O–H groups in total. The Morgan fingerprint density at radius 3 is 1.07 bits per heavy atom. The number of anilines is 3. The summed E-state index contributed by atoms with van der Waals surface area (Å²) in [6.07, 6.45) is 5.36. The van der Waals surface area contributed by atoms with Crippen LogP contribution in [-0.2, 0) is 0 Å². The first-order chi connectivity index (χ1) is 30.2. The number of para-hydroxylation sites is 2. The molecule has 61 heavy (non-hydrogen) atoms. The maximum Gasteiger partial charge on any atom is 0.0541 e. The zero-order chi connectivity index (χ0) is 40.5. The second-order valence-electron chi connectivity index (χ2n) is 16.4. The third kappa shape index (κ3) is 7.11. The Morgan fingerprint density at radius 2 is 0.639 bits per heavy atom. The lowest BCUT2D eigenvalue weighted by Gasteiger charge is -2.26. The highest BCUT2D eigenvalue weighted by atomic mass is 15.1. The van der Waals surface area contributed by atoms with Crippen LogP contribution in [0.5, 0.6) is 0 Å². The second kappa shape index (κ2) is 16.0. The van der Waals surface area contributed by atoms with Crippen molar-refractivity contribution in [2.75, 3.05) is 4.90 Å². The first kappa shape index (κ1) is 36.6. The van der Waals surface area contributed by atoms with Gasteiger partial charge in [0.2, 0.25) is 0 Å². The lowest BCUT2D eigenvalue weighted by atomic mass is 9.95.